The van der Waals surface area contributed by atoms with Crippen LogP contribution in [-0.2, 0) is 25.7 Å². The van der Waals surface area contributed by atoms with E-state index in [1.165, 1.54) is 11.8 Å². The van der Waals surface area contributed by atoms with E-state index in [1.807, 2.05) is 109 Å². The Morgan fingerprint density at radius 2 is 1.38 bits per heavy atom. The fraction of sp³-hybridized carbons (Fsp3) is 0.205. The summed E-state index contributed by atoms with van der Waals surface area (Å²) in [6.45, 7) is -0.0368. The molecular formula is C44H42N4O6S. The van der Waals surface area contributed by atoms with Crippen LogP contribution in [-0.4, -0.2) is 33.8 Å². The number of nitrogens with zero attached hydrogens (tertiary/aromatic N) is 1. The lowest BCUT2D eigenvalue weighted by molar-refractivity contribution is -0.245. The maximum atomic E-state index is 12.7. The summed E-state index contributed by atoms with van der Waals surface area (Å²) < 4.78 is 19.5. The van der Waals surface area contributed by atoms with Crippen LogP contribution in [0.4, 0.5) is 17.1 Å². The van der Waals surface area contributed by atoms with E-state index in [9.17, 15) is 14.7 Å². The summed E-state index contributed by atoms with van der Waals surface area (Å²) in [5.74, 6) is 0.897. The molecule has 0 saturated carbocycles. The third kappa shape index (κ3) is 9.88. The van der Waals surface area contributed by atoms with Crippen LogP contribution in [0.25, 0.3) is 22.6 Å². The Balaban J connectivity index is 1.01. The molecule has 1 aliphatic rings. The van der Waals surface area contributed by atoms with Crippen molar-refractivity contribution >= 4 is 40.6 Å². The second kappa shape index (κ2) is 18.1. The van der Waals surface area contributed by atoms with Gasteiger partial charge in [-0.25, -0.2) is 4.98 Å². The second-order valence-corrected chi connectivity index (χ2v) is 14.2. The summed E-state index contributed by atoms with van der Waals surface area (Å²) in [6, 6.07) is 42.2. The molecule has 0 unspecified atom stereocenters. The summed E-state index contributed by atoms with van der Waals surface area (Å²) in [7, 11) is 0. The Labute approximate surface area is 324 Å². The summed E-state index contributed by atoms with van der Waals surface area (Å²) in [6.07, 6.45) is 0.219. The first-order valence-corrected chi connectivity index (χ1v) is 19.2. The fourth-order valence-electron chi connectivity index (χ4n) is 6.31. The number of hydrogen-bond acceptors (Lipinski definition) is 9. The van der Waals surface area contributed by atoms with Gasteiger partial charge in [-0.2, -0.15) is 0 Å². The van der Waals surface area contributed by atoms with Crippen molar-refractivity contribution in [1.82, 2.24) is 4.98 Å². The van der Waals surface area contributed by atoms with Crippen LogP contribution in [0.2, 0.25) is 0 Å². The molecule has 1 aliphatic heterocycles. The van der Waals surface area contributed by atoms with Crippen molar-refractivity contribution in [2.75, 3.05) is 22.1 Å². The SMILES string of the molecule is Nc1ccccc1NC(=O)CCCC(=O)Nc1ccc([C@H]2O[C@@H](CSc3nc(-c4ccccc4)c(-c4ccccc4)o3)C[C@@H](c3ccc(CO)cc3)O2)cc1. The fourth-order valence-corrected chi connectivity index (χ4v) is 7.15. The number of amides is 2. The quantitative estimate of drug-likeness (QED) is 0.0631. The first kappa shape index (κ1) is 37.6. The first-order chi connectivity index (χ1) is 26.9. The van der Waals surface area contributed by atoms with E-state index in [4.69, 9.17) is 24.6 Å². The van der Waals surface area contributed by atoms with E-state index in [0.29, 0.717) is 46.6 Å². The molecule has 10 nitrogen and oxygen atoms in total. The van der Waals surface area contributed by atoms with E-state index in [-0.39, 0.29) is 43.5 Å². The van der Waals surface area contributed by atoms with Crippen molar-refractivity contribution in [3.05, 3.63) is 150 Å². The number of rotatable bonds is 14. The molecule has 1 fully saturated rings. The zero-order chi connectivity index (χ0) is 38.0. The highest BCUT2D eigenvalue weighted by molar-refractivity contribution is 7.99. The Kier molecular flexibility index (Phi) is 12.4. The summed E-state index contributed by atoms with van der Waals surface area (Å²) in [5, 5.41) is 15.9. The number of para-hydroxylation sites is 2. The molecule has 6 aromatic rings. The Hall–Kier alpha value is -5.72. The molecule has 7 rings (SSSR count). The molecule has 0 aliphatic carbocycles. The van der Waals surface area contributed by atoms with Crippen LogP contribution in [0.1, 0.15) is 54.8 Å². The third-order valence-electron chi connectivity index (χ3n) is 9.21. The number of nitrogens with one attached hydrogen (secondary N) is 2. The smallest absolute Gasteiger partial charge is 0.256 e. The van der Waals surface area contributed by atoms with Crippen molar-refractivity contribution in [2.45, 2.75) is 56.0 Å². The number of oxazole rings is 1. The monoisotopic (exact) mass is 754 g/mol. The maximum absolute atomic E-state index is 12.7. The molecule has 3 atom stereocenters. The Morgan fingerprint density at radius 1 is 0.745 bits per heavy atom. The number of aromatic nitrogens is 1. The van der Waals surface area contributed by atoms with E-state index in [0.717, 1.165) is 33.5 Å². The number of benzene rings is 5. The number of thioether (sulfide) groups is 1. The van der Waals surface area contributed by atoms with Crippen LogP contribution >= 0.6 is 11.8 Å². The van der Waals surface area contributed by atoms with Gasteiger partial charge in [-0.05, 0) is 41.8 Å². The molecule has 2 amide bonds. The standard InChI is InChI=1S/C44H42N4O6S/c45-36-14-7-8-15-37(36)47-40(51)17-9-16-39(50)46-34-24-22-33(23-25-34)43-52-35(26-38(53-43)30-20-18-29(27-49)19-21-30)28-55-44-48-41(31-10-3-1-4-11-31)42(54-44)32-12-5-2-6-13-32/h1-8,10-15,18-25,35,38,43,49H,9,16-17,26-28,45H2,(H,46,50)(H,47,51)/t35-,38+,43+/m1/s1. The number of nitrogen functional groups attached to an aromatic ring is 1. The van der Waals surface area contributed by atoms with E-state index < -0.39 is 6.29 Å². The van der Waals surface area contributed by atoms with Gasteiger partial charge in [0, 0.05) is 47.4 Å². The predicted octanol–water partition coefficient (Wildman–Crippen LogP) is 9.17. The predicted molar refractivity (Wildman–Crippen MR) is 215 cm³/mol. The van der Waals surface area contributed by atoms with Crippen LogP contribution < -0.4 is 16.4 Å². The molecule has 5 N–H and O–H groups in total. The van der Waals surface area contributed by atoms with Gasteiger partial charge in [-0.3, -0.25) is 9.59 Å². The van der Waals surface area contributed by atoms with Crippen LogP contribution in [0.3, 0.4) is 0 Å². The molecule has 11 heteroatoms. The maximum Gasteiger partial charge on any atom is 0.256 e. The molecule has 2 heterocycles. The lowest BCUT2D eigenvalue weighted by atomic mass is 10.0. The molecule has 0 spiro atoms. The number of nitrogens with two attached hydrogens (primary N) is 1. The van der Waals surface area contributed by atoms with Crippen molar-refractivity contribution in [3.63, 3.8) is 0 Å². The number of carbonyl (C=O) groups excluding carboxylic acids is 2. The van der Waals surface area contributed by atoms with Crippen molar-refractivity contribution < 1.29 is 28.6 Å². The van der Waals surface area contributed by atoms with Gasteiger partial charge < -0.3 is 35.4 Å². The topological polar surface area (TPSA) is 149 Å². The van der Waals surface area contributed by atoms with Gasteiger partial charge in [0.15, 0.2) is 12.1 Å². The summed E-state index contributed by atoms with van der Waals surface area (Å²) in [5.41, 5.74) is 12.9. The number of aliphatic hydroxyl groups is 1. The first-order valence-electron chi connectivity index (χ1n) is 18.2. The molecule has 1 aromatic heterocycles. The molecule has 0 radical (unpaired) electrons. The van der Waals surface area contributed by atoms with Crippen molar-refractivity contribution in [3.8, 4) is 22.6 Å². The van der Waals surface area contributed by atoms with Gasteiger partial charge in [-0.1, -0.05) is 121 Å². The van der Waals surface area contributed by atoms with Crippen LogP contribution in [0.5, 0.6) is 0 Å². The van der Waals surface area contributed by atoms with E-state index in [1.54, 1.807) is 24.3 Å². The minimum absolute atomic E-state index is 0.0368. The molecule has 0 bridgehead atoms. The Bertz CT molecular complexity index is 2120. The molecule has 1 saturated heterocycles. The minimum Gasteiger partial charge on any atom is -0.431 e. The van der Waals surface area contributed by atoms with Gasteiger partial charge in [0.1, 0.15) is 5.69 Å². The molecule has 55 heavy (non-hydrogen) atoms. The molecule has 5 aromatic carbocycles. The third-order valence-corrected chi connectivity index (χ3v) is 10.2. The number of ether oxygens (including phenoxy) is 2. The second-order valence-electron chi connectivity index (χ2n) is 13.2. The highest BCUT2D eigenvalue weighted by Crippen LogP contribution is 2.41. The average molecular weight is 755 g/mol. The molecule has 280 valence electrons. The lowest BCUT2D eigenvalue weighted by Gasteiger charge is -2.36. The number of hydrogen-bond donors (Lipinski definition) is 4. The van der Waals surface area contributed by atoms with Gasteiger partial charge >= 0.3 is 0 Å². The normalized spacial score (nSPS) is 16.7. The van der Waals surface area contributed by atoms with Crippen molar-refractivity contribution in [2.24, 2.45) is 0 Å². The van der Waals surface area contributed by atoms with Gasteiger partial charge in [0.2, 0.25) is 11.8 Å². The largest absolute Gasteiger partial charge is 0.431 e. The minimum atomic E-state index is -0.673. The summed E-state index contributed by atoms with van der Waals surface area (Å²) >= 11 is 1.50. The Morgan fingerprint density at radius 3 is 2.07 bits per heavy atom. The van der Waals surface area contributed by atoms with E-state index in [2.05, 4.69) is 10.6 Å². The number of anilines is 3. The molecular weight excluding hydrogens is 713 g/mol. The van der Waals surface area contributed by atoms with E-state index >= 15 is 0 Å². The average Bonchev–Trinajstić information content (AvgIpc) is 3.66. The van der Waals surface area contributed by atoms with Crippen molar-refractivity contribution in [1.29, 1.82) is 0 Å². The van der Waals surface area contributed by atoms with Gasteiger partial charge in [-0.15, -0.1) is 0 Å². The van der Waals surface area contributed by atoms with Crippen LogP contribution in [0.15, 0.2) is 143 Å². The zero-order valence-corrected chi connectivity index (χ0v) is 30.9. The zero-order valence-electron chi connectivity index (χ0n) is 30.1. The number of carbonyl (C=O) groups is 2. The lowest BCUT2D eigenvalue weighted by Crippen LogP contribution is -2.31. The van der Waals surface area contributed by atoms with Gasteiger partial charge in [0.05, 0.1) is 30.2 Å². The highest BCUT2D eigenvalue weighted by Gasteiger charge is 2.33. The number of aliphatic hydroxyl groups excluding tert-OH is 1. The summed E-state index contributed by atoms with van der Waals surface area (Å²) in [4.78, 5) is 30.0. The highest BCUT2D eigenvalue weighted by atomic mass is 32.2. The van der Waals surface area contributed by atoms with Crippen LogP contribution in [0, 0.1) is 0 Å². The van der Waals surface area contributed by atoms with Gasteiger partial charge in [0.25, 0.3) is 5.22 Å².